The summed E-state index contributed by atoms with van der Waals surface area (Å²) in [6.45, 7) is 4.41. The number of ketones is 1. The first kappa shape index (κ1) is 20.9. The number of nitrogens with zero attached hydrogens (tertiary/aromatic N) is 1. The van der Waals surface area contributed by atoms with Gasteiger partial charge in [-0.05, 0) is 49.4 Å². The van der Waals surface area contributed by atoms with Crippen LogP contribution in [0.1, 0.15) is 38.6 Å². The summed E-state index contributed by atoms with van der Waals surface area (Å²) < 4.78 is 12.6. The highest BCUT2D eigenvalue weighted by Gasteiger charge is 2.18. The van der Waals surface area contributed by atoms with Gasteiger partial charge in [0, 0.05) is 28.2 Å². The molecular weight excluding hydrogens is 386 g/mol. The van der Waals surface area contributed by atoms with E-state index in [0.717, 1.165) is 29.2 Å². The van der Waals surface area contributed by atoms with Crippen LogP contribution in [0, 0.1) is 13.8 Å². The fourth-order valence-corrected chi connectivity index (χ4v) is 4.02. The standard InChI is InChI=1S/C23H25NO4S/c1-16-13-20(17(2)24(16)14-19-8-6-12-29-19)21(25)15-28-23(26)11-10-18-7-4-5-9-22(18)27-3/h4-9,12-13H,10-11,14-15H2,1-3H3. The van der Waals surface area contributed by atoms with Gasteiger partial charge in [-0.15, -0.1) is 11.3 Å². The van der Waals surface area contributed by atoms with Crippen LogP contribution in [-0.4, -0.2) is 30.0 Å². The Morgan fingerprint density at radius 2 is 1.90 bits per heavy atom. The number of benzene rings is 1. The molecule has 3 aromatic rings. The van der Waals surface area contributed by atoms with Crippen LogP contribution < -0.4 is 4.74 Å². The van der Waals surface area contributed by atoms with Crippen LogP contribution in [0.15, 0.2) is 47.8 Å². The summed E-state index contributed by atoms with van der Waals surface area (Å²) in [7, 11) is 1.60. The minimum Gasteiger partial charge on any atom is -0.496 e. The normalized spacial score (nSPS) is 10.7. The Kier molecular flexibility index (Phi) is 6.88. The fourth-order valence-electron chi connectivity index (χ4n) is 3.33. The van der Waals surface area contributed by atoms with Gasteiger partial charge < -0.3 is 14.0 Å². The smallest absolute Gasteiger partial charge is 0.306 e. The molecule has 0 aliphatic carbocycles. The molecular formula is C23H25NO4S. The van der Waals surface area contributed by atoms with Crippen LogP contribution in [0.5, 0.6) is 5.75 Å². The number of carbonyl (C=O) groups excluding carboxylic acids is 2. The molecule has 0 aliphatic heterocycles. The zero-order chi connectivity index (χ0) is 20.8. The molecule has 6 heteroatoms. The maximum Gasteiger partial charge on any atom is 0.306 e. The van der Waals surface area contributed by atoms with Crippen LogP contribution in [0.25, 0.3) is 0 Å². The van der Waals surface area contributed by atoms with Gasteiger partial charge in [-0.1, -0.05) is 24.3 Å². The van der Waals surface area contributed by atoms with Gasteiger partial charge in [-0.3, -0.25) is 9.59 Å². The quantitative estimate of drug-likeness (QED) is 0.382. The van der Waals surface area contributed by atoms with E-state index in [-0.39, 0.29) is 18.8 Å². The molecule has 0 saturated carbocycles. The van der Waals surface area contributed by atoms with Gasteiger partial charge in [-0.2, -0.15) is 0 Å². The summed E-state index contributed by atoms with van der Waals surface area (Å²) in [6, 6.07) is 13.5. The van der Waals surface area contributed by atoms with Gasteiger partial charge in [0.1, 0.15) is 5.75 Å². The van der Waals surface area contributed by atoms with Crippen molar-refractivity contribution in [3.63, 3.8) is 0 Å². The second kappa shape index (κ2) is 9.56. The third-order valence-electron chi connectivity index (χ3n) is 4.92. The predicted octanol–water partition coefficient (Wildman–Crippen LogP) is 4.58. The van der Waals surface area contributed by atoms with Gasteiger partial charge in [0.15, 0.2) is 6.61 Å². The molecule has 29 heavy (non-hydrogen) atoms. The molecule has 0 spiro atoms. The molecule has 0 radical (unpaired) electrons. The number of hydrogen-bond donors (Lipinski definition) is 0. The van der Waals surface area contributed by atoms with E-state index >= 15 is 0 Å². The summed E-state index contributed by atoms with van der Waals surface area (Å²) in [4.78, 5) is 25.9. The average molecular weight is 412 g/mol. The monoisotopic (exact) mass is 411 g/mol. The van der Waals surface area contributed by atoms with Crippen molar-refractivity contribution in [3.05, 3.63) is 75.2 Å². The van der Waals surface area contributed by atoms with Crippen LogP contribution in [0.3, 0.4) is 0 Å². The molecule has 0 aliphatic rings. The van der Waals surface area contributed by atoms with Crippen molar-refractivity contribution in [1.82, 2.24) is 4.57 Å². The van der Waals surface area contributed by atoms with Crippen molar-refractivity contribution in [3.8, 4) is 5.75 Å². The van der Waals surface area contributed by atoms with Gasteiger partial charge in [0.05, 0.1) is 13.7 Å². The van der Waals surface area contributed by atoms with E-state index in [4.69, 9.17) is 9.47 Å². The number of Topliss-reactive ketones (excluding diaryl/α,β-unsaturated/α-hetero) is 1. The first-order valence-corrected chi connectivity index (χ1v) is 10.4. The SMILES string of the molecule is COc1ccccc1CCC(=O)OCC(=O)c1cc(C)n(Cc2cccs2)c1C. The number of methoxy groups -OCH3 is 1. The highest BCUT2D eigenvalue weighted by molar-refractivity contribution is 7.09. The predicted molar refractivity (Wildman–Crippen MR) is 114 cm³/mol. The lowest BCUT2D eigenvalue weighted by molar-refractivity contribution is -0.142. The summed E-state index contributed by atoms with van der Waals surface area (Å²) in [5.41, 5.74) is 3.46. The zero-order valence-corrected chi connectivity index (χ0v) is 17.8. The average Bonchev–Trinajstić information content (AvgIpc) is 3.34. The molecule has 0 atom stereocenters. The van der Waals surface area contributed by atoms with E-state index in [9.17, 15) is 9.59 Å². The third-order valence-corrected chi connectivity index (χ3v) is 5.78. The van der Waals surface area contributed by atoms with Crippen LogP contribution in [0.2, 0.25) is 0 Å². The van der Waals surface area contributed by atoms with E-state index in [1.54, 1.807) is 18.4 Å². The topological polar surface area (TPSA) is 57.5 Å². The van der Waals surface area contributed by atoms with E-state index < -0.39 is 5.97 Å². The Balaban J connectivity index is 1.56. The van der Waals surface area contributed by atoms with Crippen LogP contribution in [-0.2, 0) is 22.5 Å². The van der Waals surface area contributed by atoms with Crippen molar-refractivity contribution in [2.45, 2.75) is 33.2 Å². The minimum atomic E-state index is -0.392. The molecule has 0 amide bonds. The Morgan fingerprint density at radius 1 is 1.10 bits per heavy atom. The number of thiophene rings is 1. The number of ether oxygens (including phenoxy) is 2. The first-order chi connectivity index (χ1) is 14.0. The summed E-state index contributed by atoms with van der Waals surface area (Å²) >= 11 is 1.69. The molecule has 0 saturated heterocycles. The Bertz CT molecular complexity index is 988. The lowest BCUT2D eigenvalue weighted by atomic mass is 10.1. The van der Waals surface area contributed by atoms with E-state index in [1.165, 1.54) is 4.88 Å². The minimum absolute atomic E-state index is 0.179. The first-order valence-electron chi connectivity index (χ1n) is 9.49. The van der Waals surface area contributed by atoms with Crippen molar-refractivity contribution in [1.29, 1.82) is 0 Å². The highest BCUT2D eigenvalue weighted by atomic mass is 32.1. The lowest BCUT2D eigenvalue weighted by Gasteiger charge is -2.09. The molecule has 152 valence electrons. The number of rotatable bonds is 9. The number of hydrogen-bond acceptors (Lipinski definition) is 5. The Labute approximate surface area is 174 Å². The van der Waals surface area contributed by atoms with Crippen molar-refractivity contribution in [2.24, 2.45) is 0 Å². The third kappa shape index (κ3) is 5.15. The molecule has 1 aromatic carbocycles. The molecule has 3 rings (SSSR count). The Hall–Kier alpha value is -2.86. The zero-order valence-electron chi connectivity index (χ0n) is 16.9. The van der Waals surface area contributed by atoms with Gasteiger partial charge in [0.2, 0.25) is 5.78 Å². The fraction of sp³-hybridized carbons (Fsp3) is 0.304. The summed E-state index contributed by atoms with van der Waals surface area (Å²) in [6.07, 6.45) is 0.706. The van der Waals surface area contributed by atoms with Crippen molar-refractivity contribution in [2.75, 3.05) is 13.7 Å². The van der Waals surface area contributed by atoms with Gasteiger partial charge in [-0.25, -0.2) is 0 Å². The maximum atomic E-state index is 12.6. The number of aromatic nitrogens is 1. The molecule has 2 heterocycles. The van der Waals surface area contributed by atoms with E-state index in [0.29, 0.717) is 12.0 Å². The number of aryl methyl sites for hydroxylation is 2. The molecule has 0 bridgehead atoms. The summed E-state index contributed by atoms with van der Waals surface area (Å²) in [5, 5.41) is 2.04. The molecule has 0 fully saturated rings. The van der Waals surface area contributed by atoms with Gasteiger partial charge in [0.25, 0.3) is 0 Å². The number of para-hydroxylation sites is 1. The second-order valence-electron chi connectivity index (χ2n) is 6.85. The highest BCUT2D eigenvalue weighted by Crippen LogP contribution is 2.21. The van der Waals surface area contributed by atoms with Crippen LogP contribution in [0.4, 0.5) is 0 Å². The molecule has 2 aromatic heterocycles. The lowest BCUT2D eigenvalue weighted by Crippen LogP contribution is -2.15. The van der Waals surface area contributed by atoms with Crippen molar-refractivity contribution < 1.29 is 19.1 Å². The molecule has 0 N–H and O–H groups in total. The summed E-state index contributed by atoms with van der Waals surface area (Å²) in [5.74, 6) is 0.173. The molecule has 5 nitrogen and oxygen atoms in total. The maximum absolute atomic E-state index is 12.6. The Morgan fingerprint density at radius 3 is 2.62 bits per heavy atom. The largest absolute Gasteiger partial charge is 0.496 e. The van der Waals surface area contributed by atoms with Crippen LogP contribution >= 0.6 is 11.3 Å². The molecule has 0 unspecified atom stereocenters. The van der Waals surface area contributed by atoms with Gasteiger partial charge >= 0.3 is 5.97 Å². The van der Waals surface area contributed by atoms with E-state index in [2.05, 4.69) is 10.6 Å². The second-order valence-corrected chi connectivity index (χ2v) is 7.88. The van der Waals surface area contributed by atoms with E-state index in [1.807, 2.05) is 55.6 Å². The number of esters is 1. The number of carbonyl (C=O) groups is 2. The van der Waals surface area contributed by atoms with Crippen molar-refractivity contribution >= 4 is 23.1 Å².